The second-order valence-electron chi connectivity index (χ2n) is 2.69. The van der Waals surface area contributed by atoms with Crippen LogP contribution in [0.25, 0.3) is 0 Å². The molecular formula is C9H13ClN2. The number of hydrogen-bond acceptors (Lipinski definition) is 2. The summed E-state index contributed by atoms with van der Waals surface area (Å²) >= 11 is 5.56. The minimum absolute atomic E-state index is 0.645. The van der Waals surface area contributed by atoms with Gasteiger partial charge in [-0.15, -0.1) is 11.6 Å². The van der Waals surface area contributed by atoms with E-state index in [1.807, 2.05) is 12.1 Å². The van der Waals surface area contributed by atoms with E-state index in [0.29, 0.717) is 5.82 Å². The van der Waals surface area contributed by atoms with Crippen LogP contribution in [0.1, 0.15) is 18.4 Å². The van der Waals surface area contributed by atoms with Crippen molar-refractivity contribution in [3.8, 4) is 0 Å². The second-order valence-corrected chi connectivity index (χ2v) is 3.07. The van der Waals surface area contributed by atoms with Crippen LogP contribution in [0.15, 0.2) is 18.3 Å². The maximum absolute atomic E-state index is 5.66. The maximum atomic E-state index is 5.66. The van der Waals surface area contributed by atoms with E-state index in [-0.39, 0.29) is 0 Å². The number of pyridine rings is 1. The number of nitrogens with zero attached hydrogens (tertiary/aromatic N) is 1. The zero-order chi connectivity index (χ0) is 8.81. The maximum Gasteiger partial charge on any atom is 0.126 e. The van der Waals surface area contributed by atoms with Gasteiger partial charge in [-0.05, 0) is 30.9 Å². The van der Waals surface area contributed by atoms with E-state index in [0.717, 1.165) is 30.7 Å². The molecule has 0 aliphatic heterocycles. The summed E-state index contributed by atoms with van der Waals surface area (Å²) in [4.78, 5) is 4.00. The predicted octanol–water partition coefficient (Wildman–Crippen LogP) is 2.23. The van der Waals surface area contributed by atoms with E-state index < -0.39 is 0 Å². The van der Waals surface area contributed by atoms with Crippen LogP contribution >= 0.6 is 11.6 Å². The van der Waals surface area contributed by atoms with Crippen LogP contribution < -0.4 is 5.73 Å². The third-order valence-electron chi connectivity index (χ3n) is 1.76. The monoisotopic (exact) mass is 184 g/mol. The Kier molecular flexibility index (Phi) is 3.88. The van der Waals surface area contributed by atoms with Crippen molar-refractivity contribution >= 4 is 17.4 Å². The number of aromatic nitrogens is 1. The zero-order valence-corrected chi connectivity index (χ0v) is 7.72. The van der Waals surface area contributed by atoms with Gasteiger partial charge in [0, 0.05) is 12.1 Å². The number of alkyl halides is 1. The lowest BCUT2D eigenvalue weighted by atomic mass is 10.1. The van der Waals surface area contributed by atoms with Crippen LogP contribution in [0.2, 0.25) is 0 Å². The molecule has 3 heteroatoms. The highest BCUT2D eigenvalue weighted by molar-refractivity contribution is 6.17. The van der Waals surface area contributed by atoms with Crippen LogP contribution in [0, 0.1) is 0 Å². The normalized spacial score (nSPS) is 10.1. The van der Waals surface area contributed by atoms with Crippen LogP contribution in [0.3, 0.4) is 0 Å². The third kappa shape index (κ3) is 2.70. The molecule has 0 saturated carbocycles. The van der Waals surface area contributed by atoms with Gasteiger partial charge in [0.1, 0.15) is 5.82 Å². The summed E-state index contributed by atoms with van der Waals surface area (Å²) in [6, 6.07) is 3.92. The minimum atomic E-state index is 0.645. The van der Waals surface area contributed by atoms with Gasteiger partial charge < -0.3 is 5.73 Å². The fraction of sp³-hybridized carbons (Fsp3) is 0.444. The quantitative estimate of drug-likeness (QED) is 0.576. The molecule has 0 amide bonds. The zero-order valence-electron chi connectivity index (χ0n) is 6.96. The van der Waals surface area contributed by atoms with E-state index in [9.17, 15) is 0 Å². The van der Waals surface area contributed by atoms with Gasteiger partial charge in [0.25, 0.3) is 0 Å². The number of anilines is 1. The van der Waals surface area contributed by atoms with Gasteiger partial charge in [-0.2, -0.15) is 0 Å². The SMILES string of the molecule is Nc1ncccc1CCCCCl. The number of halogens is 1. The van der Waals surface area contributed by atoms with Crippen molar-refractivity contribution in [2.24, 2.45) is 0 Å². The molecule has 1 heterocycles. The van der Waals surface area contributed by atoms with Crippen molar-refractivity contribution in [1.82, 2.24) is 4.98 Å². The molecule has 0 atom stereocenters. The first kappa shape index (κ1) is 9.33. The molecule has 0 fully saturated rings. The Balaban J connectivity index is 2.46. The Hall–Kier alpha value is -0.760. The summed E-state index contributed by atoms with van der Waals surface area (Å²) in [6.07, 6.45) is 4.81. The molecule has 0 saturated heterocycles. The molecule has 1 rings (SSSR count). The van der Waals surface area contributed by atoms with Crippen LogP contribution in [-0.2, 0) is 6.42 Å². The summed E-state index contributed by atoms with van der Waals surface area (Å²) < 4.78 is 0. The van der Waals surface area contributed by atoms with E-state index in [1.165, 1.54) is 0 Å². The molecule has 0 bridgehead atoms. The molecule has 2 nitrogen and oxygen atoms in total. The van der Waals surface area contributed by atoms with E-state index in [2.05, 4.69) is 4.98 Å². The highest BCUT2D eigenvalue weighted by atomic mass is 35.5. The lowest BCUT2D eigenvalue weighted by Gasteiger charge is -2.02. The summed E-state index contributed by atoms with van der Waals surface area (Å²) in [6.45, 7) is 0. The number of nitrogen functional groups attached to an aromatic ring is 1. The molecule has 0 aliphatic carbocycles. The Morgan fingerprint density at radius 1 is 1.42 bits per heavy atom. The second kappa shape index (κ2) is 4.99. The molecular weight excluding hydrogens is 172 g/mol. The van der Waals surface area contributed by atoms with Crippen molar-refractivity contribution in [2.75, 3.05) is 11.6 Å². The molecule has 0 radical (unpaired) electrons. The van der Waals surface area contributed by atoms with Gasteiger partial charge in [-0.25, -0.2) is 4.98 Å². The fourth-order valence-electron chi connectivity index (χ4n) is 1.07. The van der Waals surface area contributed by atoms with Crippen LogP contribution in [-0.4, -0.2) is 10.9 Å². The van der Waals surface area contributed by atoms with Gasteiger partial charge in [0.05, 0.1) is 0 Å². The lowest BCUT2D eigenvalue weighted by Crippen LogP contribution is -1.97. The minimum Gasteiger partial charge on any atom is -0.383 e. The average molecular weight is 185 g/mol. The molecule has 0 aromatic carbocycles. The van der Waals surface area contributed by atoms with Crippen molar-refractivity contribution in [3.63, 3.8) is 0 Å². The van der Waals surface area contributed by atoms with Crippen LogP contribution in [0.4, 0.5) is 5.82 Å². The molecule has 66 valence electrons. The molecule has 1 aromatic rings. The topological polar surface area (TPSA) is 38.9 Å². The lowest BCUT2D eigenvalue weighted by molar-refractivity contribution is 0.799. The first-order valence-corrected chi connectivity index (χ1v) is 4.63. The fourth-order valence-corrected chi connectivity index (χ4v) is 1.26. The summed E-state index contributed by atoms with van der Waals surface area (Å²) in [7, 11) is 0. The van der Waals surface area contributed by atoms with Crippen molar-refractivity contribution in [1.29, 1.82) is 0 Å². The van der Waals surface area contributed by atoms with Gasteiger partial charge in [-0.1, -0.05) is 6.07 Å². The van der Waals surface area contributed by atoms with Crippen molar-refractivity contribution < 1.29 is 0 Å². The number of aryl methyl sites for hydroxylation is 1. The van der Waals surface area contributed by atoms with Crippen molar-refractivity contribution in [2.45, 2.75) is 19.3 Å². The van der Waals surface area contributed by atoms with Gasteiger partial charge in [0.15, 0.2) is 0 Å². The number of hydrogen-bond donors (Lipinski definition) is 1. The number of nitrogens with two attached hydrogens (primary N) is 1. The summed E-state index contributed by atoms with van der Waals surface area (Å²) in [5, 5.41) is 0. The summed E-state index contributed by atoms with van der Waals surface area (Å²) in [5.41, 5.74) is 6.79. The smallest absolute Gasteiger partial charge is 0.126 e. The van der Waals surface area contributed by atoms with Gasteiger partial charge >= 0.3 is 0 Å². The molecule has 0 unspecified atom stereocenters. The number of unbranched alkanes of at least 4 members (excludes halogenated alkanes) is 1. The Morgan fingerprint density at radius 2 is 2.25 bits per heavy atom. The Morgan fingerprint density at radius 3 is 2.92 bits per heavy atom. The predicted molar refractivity (Wildman–Crippen MR) is 52.3 cm³/mol. The van der Waals surface area contributed by atoms with E-state index in [1.54, 1.807) is 6.20 Å². The molecule has 2 N–H and O–H groups in total. The van der Waals surface area contributed by atoms with Crippen molar-refractivity contribution in [3.05, 3.63) is 23.9 Å². The first-order valence-electron chi connectivity index (χ1n) is 4.10. The van der Waals surface area contributed by atoms with Crippen LogP contribution in [0.5, 0.6) is 0 Å². The molecule has 0 spiro atoms. The molecule has 1 aromatic heterocycles. The average Bonchev–Trinajstić information content (AvgIpc) is 2.09. The van der Waals surface area contributed by atoms with E-state index in [4.69, 9.17) is 17.3 Å². The number of rotatable bonds is 4. The Labute approximate surface area is 77.8 Å². The Bertz CT molecular complexity index is 238. The summed E-state index contributed by atoms with van der Waals surface area (Å²) in [5.74, 6) is 1.37. The standard InChI is InChI=1S/C9H13ClN2/c10-6-2-1-4-8-5-3-7-12-9(8)11/h3,5,7H,1-2,4,6H2,(H2,11,12). The first-order chi connectivity index (χ1) is 5.84. The largest absolute Gasteiger partial charge is 0.383 e. The molecule has 12 heavy (non-hydrogen) atoms. The third-order valence-corrected chi connectivity index (χ3v) is 2.02. The highest BCUT2D eigenvalue weighted by Gasteiger charge is 1.97. The van der Waals surface area contributed by atoms with Gasteiger partial charge in [-0.3, -0.25) is 0 Å². The molecule has 0 aliphatic rings. The van der Waals surface area contributed by atoms with E-state index >= 15 is 0 Å². The van der Waals surface area contributed by atoms with Gasteiger partial charge in [0.2, 0.25) is 0 Å². The highest BCUT2D eigenvalue weighted by Crippen LogP contribution is 2.10.